The second-order valence-electron chi connectivity index (χ2n) is 10.8. The van der Waals surface area contributed by atoms with Crippen LogP contribution in [0.3, 0.4) is 0 Å². The van der Waals surface area contributed by atoms with Crippen LogP contribution in [0.2, 0.25) is 0 Å². The molecule has 5 heteroatoms. The van der Waals surface area contributed by atoms with E-state index in [-0.39, 0.29) is 29.8 Å². The number of nitrogens with two attached hydrogens (primary N) is 1. The molecule has 0 aliphatic heterocycles. The zero-order chi connectivity index (χ0) is 25.6. The second-order valence-corrected chi connectivity index (χ2v) is 15.2. The first-order chi connectivity index (χ1) is 17.1. The molecule has 0 aliphatic carbocycles. The summed E-state index contributed by atoms with van der Waals surface area (Å²) in [5, 5.41) is 0. The van der Waals surface area contributed by atoms with Crippen molar-refractivity contribution in [1.82, 2.24) is 4.78 Å². The number of benzene rings is 1. The van der Waals surface area contributed by atoms with E-state index in [0.29, 0.717) is 0 Å². The SMILES string of the molecule is CCCCCCCC[PH](CCCCCCCC)(CCCCCCCC)N(N)C(=O)c1ccccc1.[SnH2]. The molecule has 0 spiro atoms. The molecule has 2 N–H and O–H groups in total. The molecule has 210 valence electrons. The number of unbranched alkanes of at least 4 members (excludes halogenated alkanes) is 15. The number of nitrogens with zero attached hydrogens (tertiary/aromatic N) is 1. The van der Waals surface area contributed by atoms with Gasteiger partial charge in [0, 0.05) is 0 Å². The van der Waals surface area contributed by atoms with Crippen molar-refractivity contribution in [3.8, 4) is 0 Å². The summed E-state index contributed by atoms with van der Waals surface area (Å²) in [4.78, 5) is 13.5. The maximum absolute atomic E-state index is 13.5. The molecule has 1 amide bonds. The van der Waals surface area contributed by atoms with Gasteiger partial charge in [0.15, 0.2) is 0 Å². The van der Waals surface area contributed by atoms with E-state index in [1.807, 2.05) is 35.1 Å². The summed E-state index contributed by atoms with van der Waals surface area (Å²) in [6.45, 7) is 6.83. The molecule has 0 bridgehead atoms. The monoisotopic (exact) mass is 628 g/mol. The van der Waals surface area contributed by atoms with E-state index < -0.39 is 7.41 Å². The topological polar surface area (TPSA) is 46.3 Å². The van der Waals surface area contributed by atoms with Crippen LogP contribution >= 0.6 is 7.41 Å². The van der Waals surface area contributed by atoms with E-state index >= 15 is 0 Å². The molecule has 36 heavy (non-hydrogen) atoms. The molecule has 0 saturated heterocycles. The zero-order valence-corrected chi connectivity index (χ0v) is 29.4. The molecule has 3 nitrogen and oxygen atoms in total. The predicted octanol–water partition coefficient (Wildman–Crippen LogP) is 8.83. The summed E-state index contributed by atoms with van der Waals surface area (Å²) in [6.07, 6.45) is 27.0. The van der Waals surface area contributed by atoms with Crippen LogP contribution in [0.15, 0.2) is 30.3 Å². The summed E-state index contributed by atoms with van der Waals surface area (Å²) in [5.74, 6) is 6.92. The third-order valence-electron chi connectivity index (χ3n) is 7.74. The van der Waals surface area contributed by atoms with Gasteiger partial charge >= 0.3 is 243 Å². The Morgan fingerprint density at radius 3 is 1.31 bits per heavy atom. The fraction of sp³-hybridized carbons (Fsp3) is 0.774. The van der Waals surface area contributed by atoms with Crippen LogP contribution in [0, 0.1) is 0 Å². The van der Waals surface area contributed by atoms with Crippen molar-refractivity contribution < 1.29 is 4.79 Å². The van der Waals surface area contributed by atoms with Gasteiger partial charge in [-0.1, -0.05) is 0 Å². The van der Waals surface area contributed by atoms with Crippen molar-refractivity contribution in [2.24, 2.45) is 5.84 Å². The molecule has 1 aromatic rings. The van der Waals surface area contributed by atoms with Gasteiger partial charge in [0.1, 0.15) is 0 Å². The maximum atomic E-state index is 13.5. The van der Waals surface area contributed by atoms with E-state index in [1.165, 1.54) is 134 Å². The van der Waals surface area contributed by atoms with Gasteiger partial charge in [0.05, 0.1) is 0 Å². The molecule has 0 unspecified atom stereocenters. The Morgan fingerprint density at radius 2 is 0.944 bits per heavy atom. The van der Waals surface area contributed by atoms with Gasteiger partial charge in [0.2, 0.25) is 0 Å². The molecule has 2 radical (unpaired) electrons. The summed E-state index contributed by atoms with van der Waals surface area (Å²) in [7, 11) is -2.09. The van der Waals surface area contributed by atoms with E-state index in [2.05, 4.69) is 20.8 Å². The molecule has 0 aliphatic rings. The first-order valence-electron chi connectivity index (χ1n) is 15.3. The van der Waals surface area contributed by atoms with Crippen LogP contribution in [0.5, 0.6) is 0 Å². The Bertz CT molecular complexity index is 587. The van der Waals surface area contributed by atoms with Crippen LogP contribution in [-0.4, -0.2) is 53.1 Å². The number of hydrogen-bond donors (Lipinski definition) is 1. The summed E-state index contributed by atoms with van der Waals surface area (Å²) in [5.41, 5.74) is 0.751. The van der Waals surface area contributed by atoms with Crippen molar-refractivity contribution in [2.75, 3.05) is 18.5 Å². The number of hydrazine groups is 1. The fourth-order valence-electron chi connectivity index (χ4n) is 5.37. The number of carbonyl (C=O) groups is 1. The molecule has 1 rings (SSSR count). The van der Waals surface area contributed by atoms with Crippen LogP contribution in [-0.2, 0) is 0 Å². The molecule has 0 fully saturated rings. The van der Waals surface area contributed by atoms with E-state index in [4.69, 9.17) is 5.84 Å². The molecular weight excluding hydrogens is 566 g/mol. The first-order valence-corrected chi connectivity index (χ1v) is 17.8. The van der Waals surface area contributed by atoms with E-state index in [9.17, 15) is 4.79 Å². The van der Waals surface area contributed by atoms with E-state index in [1.54, 1.807) is 0 Å². The third-order valence-corrected chi connectivity index (χ3v) is 12.8. The van der Waals surface area contributed by atoms with Crippen molar-refractivity contribution in [1.29, 1.82) is 0 Å². The first kappa shape index (κ1) is 35.9. The number of rotatable bonds is 23. The van der Waals surface area contributed by atoms with Crippen LogP contribution in [0.4, 0.5) is 0 Å². The Morgan fingerprint density at radius 1 is 0.611 bits per heavy atom. The van der Waals surface area contributed by atoms with E-state index in [0.717, 1.165) is 5.56 Å². The van der Waals surface area contributed by atoms with Gasteiger partial charge < -0.3 is 0 Å². The second kappa shape index (κ2) is 24.0. The summed E-state index contributed by atoms with van der Waals surface area (Å²) in [6, 6.07) is 9.76. The number of hydrogen-bond acceptors (Lipinski definition) is 2. The molecule has 1 aromatic carbocycles. The Hall–Kier alpha value is -0.121. The van der Waals surface area contributed by atoms with Crippen molar-refractivity contribution >= 4 is 37.2 Å². The molecule has 0 saturated carbocycles. The molecule has 0 heterocycles. The minimum absolute atomic E-state index is 0. The van der Waals surface area contributed by atoms with Gasteiger partial charge in [0.25, 0.3) is 0 Å². The van der Waals surface area contributed by atoms with Gasteiger partial charge in [-0.25, -0.2) is 0 Å². The molecular formula is C31H61N2OPSn. The normalized spacial score (nSPS) is 11.8. The Kier molecular flexibility index (Phi) is 23.9. The summed E-state index contributed by atoms with van der Waals surface area (Å²) < 4.78 is 1.83. The minimum atomic E-state index is -2.09. The van der Waals surface area contributed by atoms with Gasteiger partial charge in [-0.2, -0.15) is 0 Å². The quantitative estimate of drug-likeness (QED) is 0.0329. The van der Waals surface area contributed by atoms with Gasteiger partial charge in [-0.15, -0.1) is 0 Å². The number of amides is 1. The predicted molar refractivity (Wildman–Crippen MR) is 168 cm³/mol. The van der Waals surface area contributed by atoms with Gasteiger partial charge in [-0.05, 0) is 0 Å². The average Bonchev–Trinajstić information content (AvgIpc) is 2.89. The van der Waals surface area contributed by atoms with Crippen molar-refractivity contribution in [3.63, 3.8) is 0 Å². The van der Waals surface area contributed by atoms with Crippen LogP contribution < -0.4 is 5.84 Å². The van der Waals surface area contributed by atoms with Crippen molar-refractivity contribution in [2.45, 2.75) is 136 Å². The zero-order valence-electron chi connectivity index (χ0n) is 24.4. The van der Waals surface area contributed by atoms with Gasteiger partial charge in [-0.3, -0.25) is 0 Å². The Balaban J connectivity index is 0.0000122. The average molecular weight is 628 g/mol. The Labute approximate surface area is 242 Å². The third kappa shape index (κ3) is 15.3. The van der Waals surface area contributed by atoms with Crippen molar-refractivity contribution in [3.05, 3.63) is 35.9 Å². The molecule has 0 aromatic heterocycles. The van der Waals surface area contributed by atoms with Crippen LogP contribution in [0.25, 0.3) is 0 Å². The van der Waals surface area contributed by atoms with Crippen LogP contribution in [0.1, 0.15) is 147 Å². The number of carbonyl (C=O) groups excluding carboxylic acids is 1. The standard InChI is InChI=1S/C31H59N2OP.Sn.2H/c1-4-7-10-13-16-22-27-35(28-23-17-14-11-8-5-2,29-24-18-15-12-9-6-3)33(32)31(34)30-25-20-19-21-26-30;;;/h19-21,25-26,35H,4-18,22-24,27-29,32H2,1-3H3;;;. The fourth-order valence-corrected chi connectivity index (χ4v) is 10.1. The molecule has 0 atom stereocenters. The summed E-state index contributed by atoms with van der Waals surface area (Å²) >= 11 is 0.